The lowest BCUT2D eigenvalue weighted by Crippen LogP contribution is -2.46. The van der Waals surface area contributed by atoms with Gasteiger partial charge >= 0.3 is 0 Å². The van der Waals surface area contributed by atoms with E-state index in [9.17, 15) is 18.8 Å². The molecule has 0 aliphatic carbocycles. The molecule has 1 N–H and O–H groups in total. The van der Waals surface area contributed by atoms with E-state index in [2.05, 4.69) is 10.4 Å². The molecule has 8 heteroatoms. The molecule has 4 atom stereocenters. The molecule has 168 valence electrons. The zero-order valence-electron chi connectivity index (χ0n) is 17.8. The lowest BCUT2D eigenvalue weighted by molar-refractivity contribution is -0.129. The predicted octanol–water partition coefficient (Wildman–Crippen LogP) is 3.34. The first kappa shape index (κ1) is 20.3. The standard InChI is InChI=1S/C26H19FN4O3/c27-16-10-12-18(13-11-16)30-25(33)20-21(26(30)34)23(24(32)29-17-7-2-1-3-8-17)31-22(20)19-9-5-4-6-15(19)14-28-31/h1-14,20-23H,(H,29,32)/t20-,21+,22-,23-/m1/s1. The summed E-state index contributed by atoms with van der Waals surface area (Å²) in [6.07, 6.45) is 1.66. The van der Waals surface area contributed by atoms with Crippen LogP contribution in [0.5, 0.6) is 0 Å². The molecule has 7 nitrogen and oxygen atoms in total. The fourth-order valence-corrected chi connectivity index (χ4v) is 5.25. The third-order valence-electron chi connectivity index (χ3n) is 6.69. The van der Waals surface area contributed by atoms with Crippen LogP contribution in [0.4, 0.5) is 15.8 Å². The van der Waals surface area contributed by atoms with Crippen LogP contribution in [0, 0.1) is 17.7 Å². The van der Waals surface area contributed by atoms with Gasteiger partial charge in [-0.25, -0.2) is 9.29 Å². The van der Waals surface area contributed by atoms with Crippen molar-refractivity contribution < 1.29 is 18.8 Å². The van der Waals surface area contributed by atoms with Gasteiger partial charge in [-0.05, 0) is 47.5 Å². The predicted molar refractivity (Wildman–Crippen MR) is 123 cm³/mol. The van der Waals surface area contributed by atoms with E-state index in [1.54, 1.807) is 35.5 Å². The van der Waals surface area contributed by atoms with E-state index >= 15 is 0 Å². The summed E-state index contributed by atoms with van der Waals surface area (Å²) < 4.78 is 13.5. The fourth-order valence-electron chi connectivity index (χ4n) is 5.25. The van der Waals surface area contributed by atoms with Crippen molar-refractivity contribution in [2.75, 3.05) is 10.2 Å². The van der Waals surface area contributed by atoms with Crippen molar-refractivity contribution in [3.63, 3.8) is 0 Å². The maximum absolute atomic E-state index is 13.7. The van der Waals surface area contributed by atoms with Crippen LogP contribution in [0.25, 0.3) is 0 Å². The molecule has 34 heavy (non-hydrogen) atoms. The number of fused-ring (bicyclic) bond motifs is 5. The summed E-state index contributed by atoms with van der Waals surface area (Å²) in [5.41, 5.74) is 2.55. The highest BCUT2D eigenvalue weighted by molar-refractivity contribution is 6.24. The number of nitrogens with zero attached hydrogens (tertiary/aromatic N) is 3. The molecule has 3 aromatic carbocycles. The number of nitrogens with one attached hydrogen (secondary N) is 1. The molecule has 0 aromatic heterocycles. The summed E-state index contributed by atoms with van der Waals surface area (Å²) in [6.45, 7) is 0. The zero-order chi connectivity index (χ0) is 23.4. The fraction of sp³-hybridized carbons (Fsp3) is 0.154. The van der Waals surface area contributed by atoms with Crippen LogP contribution in [0.2, 0.25) is 0 Å². The molecule has 2 fully saturated rings. The van der Waals surface area contributed by atoms with Crippen LogP contribution in [-0.4, -0.2) is 35.0 Å². The molecule has 3 amide bonds. The Bertz CT molecular complexity index is 1340. The largest absolute Gasteiger partial charge is 0.324 e. The first-order valence-corrected chi connectivity index (χ1v) is 10.9. The topological polar surface area (TPSA) is 82.1 Å². The van der Waals surface area contributed by atoms with E-state index in [1.165, 1.54) is 24.3 Å². The van der Waals surface area contributed by atoms with Crippen molar-refractivity contribution in [1.29, 1.82) is 0 Å². The Morgan fingerprint density at radius 3 is 2.29 bits per heavy atom. The van der Waals surface area contributed by atoms with E-state index < -0.39 is 47.5 Å². The average molecular weight is 454 g/mol. The van der Waals surface area contributed by atoms with Gasteiger partial charge in [-0.2, -0.15) is 5.10 Å². The Balaban J connectivity index is 1.45. The highest BCUT2D eigenvalue weighted by Crippen LogP contribution is 2.52. The van der Waals surface area contributed by atoms with Crippen molar-refractivity contribution >= 4 is 35.3 Å². The third kappa shape index (κ3) is 2.95. The molecule has 0 unspecified atom stereocenters. The summed E-state index contributed by atoms with van der Waals surface area (Å²) in [7, 11) is 0. The Morgan fingerprint density at radius 1 is 0.853 bits per heavy atom. The minimum Gasteiger partial charge on any atom is -0.324 e. The SMILES string of the molecule is O=C(Nc1ccccc1)[C@H]1[C@H]2C(=O)N(c3ccc(F)cc3)C(=O)[C@H]2[C@H]2c3ccccc3C=NN21. The van der Waals surface area contributed by atoms with Gasteiger partial charge in [0.15, 0.2) is 0 Å². The number of rotatable bonds is 3. The number of hydrogen-bond acceptors (Lipinski definition) is 5. The second-order valence-corrected chi connectivity index (χ2v) is 8.54. The third-order valence-corrected chi connectivity index (χ3v) is 6.69. The van der Waals surface area contributed by atoms with Crippen molar-refractivity contribution in [2.24, 2.45) is 16.9 Å². The number of para-hydroxylation sites is 1. The number of imide groups is 1. The first-order valence-electron chi connectivity index (χ1n) is 10.9. The number of benzene rings is 3. The first-order chi connectivity index (χ1) is 16.5. The second kappa shape index (κ2) is 7.62. The summed E-state index contributed by atoms with van der Waals surface area (Å²) in [5.74, 6) is -3.53. The lowest BCUT2D eigenvalue weighted by atomic mass is 9.85. The van der Waals surface area contributed by atoms with Crippen LogP contribution in [0.3, 0.4) is 0 Å². The van der Waals surface area contributed by atoms with Gasteiger partial charge in [0.05, 0.1) is 29.8 Å². The van der Waals surface area contributed by atoms with E-state index in [-0.39, 0.29) is 5.69 Å². The van der Waals surface area contributed by atoms with Crippen molar-refractivity contribution in [1.82, 2.24) is 5.01 Å². The van der Waals surface area contributed by atoms with Crippen LogP contribution in [0.1, 0.15) is 17.2 Å². The van der Waals surface area contributed by atoms with Gasteiger partial charge in [0.1, 0.15) is 11.9 Å². The highest BCUT2D eigenvalue weighted by atomic mass is 19.1. The molecule has 0 saturated carbocycles. The molecule has 3 aromatic rings. The number of amides is 3. The molecular formula is C26H19FN4O3. The lowest BCUT2D eigenvalue weighted by Gasteiger charge is -2.33. The van der Waals surface area contributed by atoms with Gasteiger partial charge in [-0.1, -0.05) is 42.5 Å². The number of hydrazone groups is 1. The monoisotopic (exact) mass is 454 g/mol. The quantitative estimate of drug-likeness (QED) is 0.616. The maximum atomic E-state index is 13.7. The van der Waals surface area contributed by atoms with Crippen molar-refractivity contribution in [2.45, 2.75) is 12.1 Å². The number of carbonyl (C=O) groups is 3. The molecule has 3 aliphatic heterocycles. The van der Waals surface area contributed by atoms with Crippen molar-refractivity contribution in [3.8, 4) is 0 Å². The molecule has 0 radical (unpaired) electrons. The summed E-state index contributed by atoms with van der Waals surface area (Å²) in [4.78, 5) is 41.9. The molecule has 0 spiro atoms. The molecule has 3 heterocycles. The second-order valence-electron chi connectivity index (χ2n) is 8.54. The normalized spacial score (nSPS) is 24.6. The van der Waals surface area contributed by atoms with Crippen LogP contribution in [0.15, 0.2) is 84.0 Å². The Labute approximate surface area is 194 Å². The maximum Gasteiger partial charge on any atom is 0.249 e. The Hall–Kier alpha value is -4.33. The summed E-state index contributed by atoms with van der Waals surface area (Å²) in [6, 6.07) is 20.1. The van der Waals surface area contributed by atoms with E-state index in [0.29, 0.717) is 5.69 Å². The van der Waals surface area contributed by atoms with Crippen LogP contribution >= 0.6 is 0 Å². The Kier molecular flexibility index (Phi) is 4.55. The highest BCUT2D eigenvalue weighted by Gasteiger charge is 2.65. The molecule has 3 aliphatic rings. The summed E-state index contributed by atoms with van der Waals surface area (Å²) >= 11 is 0. The van der Waals surface area contributed by atoms with Gasteiger partial charge < -0.3 is 5.32 Å². The van der Waals surface area contributed by atoms with Gasteiger partial charge in [-0.3, -0.25) is 19.4 Å². The molecule has 0 bridgehead atoms. The van der Waals surface area contributed by atoms with Gasteiger partial charge in [0.25, 0.3) is 0 Å². The van der Waals surface area contributed by atoms with Gasteiger partial charge in [0, 0.05) is 5.69 Å². The van der Waals surface area contributed by atoms with E-state index in [0.717, 1.165) is 16.0 Å². The van der Waals surface area contributed by atoms with E-state index in [1.807, 2.05) is 30.3 Å². The van der Waals surface area contributed by atoms with E-state index in [4.69, 9.17) is 0 Å². The van der Waals surface area contributed by atoms with Crippen LogP contribution < -0.4 is 10.2 Å². The minimum absolute atomic E-state index is 0.284. The number of anilines is 2. The van der Waals surface area contributed by atoms with Crippen LogP contribution in [-0.2, 0) is 14.4 Å². The molecular weight excluding hydrogens is 435 g/mol. The Morgan fingerprint density at radius 2 is 1.53 bits per heavy atom. The zero-order valence-corrected chi connectivity index (χ0v) is 17.8. The summed E-state index contributed by atoms with van der Waals surface area (Å²) in [5, 5.41) is 8.97. The number of carbonyl (C=O) groups excluding carboxylic acids is 3. The van der Waals surface area contributed by atoms with Gasteiger partial charge in [0.2, 0.25) is 17.7 Å². The number of hydrogen-bond donors (Lipinski definition) is 1. The molecule has 6 rings (SSSR count). The average Bonchev–Trinajstić information content (AvgIpc) is 3.33. The number of halogens is 1. The molecule has 2 saturated heterocycles. The smallest absolute Gasteiger partial charge is 0.249 e. The minimum atomic E-state index is -0.985. The van der Waals surface area contributed by atoms with Gasteiger partial charge in [-0.15, -0.1) is 0 Å². The van der Waals surface area contributed by atoms with Crippen molar-refractivity contribution in [3.05, 3.63) is 95.8 Å².